The number of pyridine rings is 1. The second-order valence-electron chi connectivity index (χ2n) is 6.64. The fourth-order valence-electron chi connectivity index (χ4n) is 3.03. The van der Waals surface area contributed by atoms with Gasteiger partial charge in [0.1, 0.15) is 0 Å². The highest BCUT2D eigenvalue weighted by Crippen LogP contribution is 2.38. The van der Waals surface area contributed by atoms with Gasteiger partial charge in [0, 0.05) is 44.8 Å². The van der Waals surface area contributed by atoms with Crippen LogP contribution in [-0.2, 0) is 13.1 Å². The van der Waals surface area contributed by atoms with Crippen LogP contribution in [0.25, 0.3) is 0 Å². The van der Waals surface area contributed by atoms with Gasteiger partial charge in [-0.25, -0.2) is 0 Å². The van der Waals surface area contributed by atoms with Crippen LogP contribution in [0, 0.1) is 6.92 Å². The van der Waals surface area contributed by atoms with E-state index in [-0.39, 0.29) is 0 Å². The number of hydrogen-bond donors (Lipinski definition) is 0. The summed E-state index contributed by atoms with van der Waals surface area (Å²) in [4.78, 5) is 13.9. The molecule has 0 radical (unpaired) electrons. The molecule has 2 aliphatic rings. The highest BCUT2D eigenvalue weighted by atomic mass is 16.5. The SMILES string of the molecule is Cc1cccnc1CN1CCN(Cc2nc(C3CC3)no2)CC1. The zero-order valence-electron chi connectivity index (χ0n) is 13.6. The summed E-state index contributed by atoms with van der Waals surface area (Å²) in [5.74, 6) is 2.23. The molecule has 3 heterocycles. The molecule has 1 aliphatic heterocycles. The molecule has 0 spiro atoms. The summed E-state index contributed by atoms with van der Waals surface area (Å²) in [6.45, 7) is 8.02. The van der Waals surface area contributed by atoms with E-state index in [1.807, 2.05) is 12.3 Å². The molecular weight excluding hydrogens is 290 g/mol. The van der Waals surface area contributed by atoms with Gasteiger partial charge in [-0.05, 0) is 31.4 Å². The summed E-state index contributed by atoms with van der Waals surface area (Å²) >= 11 is 0. The molecule has 2 aromatic heterocycles. The Labute approximate surface area is 136 Å². The first-order valence-corrected chi connectivity index (χ1v) is 8.45. The first kappa shape index (κ1) is 14.8. The van der Waals surface area contributed by atoms with E-state index in [2.05, 4.69) is 37.9 Å². The maximum atomic E-state index is 5.38. The smallest absolute Gasteiger partial charge is 0.240 e. The topological polar surface area (TPSA) is 58.3 Å². The minimum atomic E-state index is 0.561. The number of hydrogen-bond acceptors (Lipinski definition) is 6. The van der Waals surface area contributed by atoms with Gasteiger partial charge >= 0.3 is 0 Å². The third-order valence-corrected chi connectivity index (χ3v) is 4.74. The van der Waals surface area contributed by atoms with E-state index in [1.54, 1.807) is 0 Å². The van der Waals surface area contributed by atoms with Crippen LogP contribution in [0.15, 0.2) is 22.9 Å². The Morgan fingerprint density at radius 3 is 2.57 bits per heavy atom. The summed E-state index contributed by atoms with van der Waals surface area (Å²) in [6, 6.07) is 4.13. The van der Waals surface area contributed by atoms with Crippen LogP contribution in [-0.4, -0.2) is 51.1 Å². The molecule has 1 saturated heterocycles. The molecule has 2 fully saturated rings. The summed E-state index contributed by atoms with van der Waals surface area (Å²) in [5, 5.41) is 4.09. The third-order valence-electron chi connectivity index (χ3n) is 4.74. The zero-order chi connectivity index (χ0) is 15.6. The van der Waals surface area contributed by atoms with Crippen molar-refractivity contribution in [3.05, 3.63) is 41.3 Å². The molecule has 4 rings (SSSR count). The minimum absolute atomic E-state index is 0.561. The van der Waals surface area contributed by atoms with Crippen molar-refractivity contribution in [1.82, 2.24) is 24.9 Å². The van der Waals surface area contributed by atoms with Crippen molar-refractivity contribution in [3.8, 4) is 0 Å². The van der Waals surface area contributed by atoms with Crippen molar-refractivity contribution in [3.63, 3.8) is 0 Å². The number of rotatable bonds is 5. The van der Waals surface area contributed by atoms with E-state index in [1.165, 1.54) is 24.1 Å². The molecular formula is C17H23N5O. The van der Waals surface area contributed by atoms with Crippen molar-refractivity contribution >= 4 is 0 Å². The largest absolute Gasteiger partial charge is 0.338 e. The Hall–Kier alpha value is -1.79. The molecule has 6 heteroatoms. The summed E-state index contributed by atoms with van der Waals surface area (Å²) in [7, 11) is 0. The molecule has 0 atom stereocenters. The quantitative estimate of drug-likeness (QED) is 0.841. The lowest BCUT2D eigenvalue weighted by atomic mass is 10.2. The molecule has 122 valence electrons. The van der Waals surface area contributed by atoms with E-state index < -0.39 is 0 Å². The fourth-order valence-corrected chi connectivity index (χ4v) is 3.03. The van der Waals surface area contributed by atoms with Crippen LogP contribution < -0.4 is 0 Å². The molecule has 1 saturated carbocycles. The van der Waals surface area contributed by atoms with E-state index in [0.717, 1.165) is 51.0 Å². The van der Waals surface area contributed by atoms with Crippen molar-refractivity contribution in [2.24, 2.45) is 0 Å². The fraction of sp³-hybridized carbons (Fsp3) is 0.588. The normalized spacial score (nSPS) is 20.0. The minimum Gasteiger partial charge on any atom is -0.338 e. The van der Waals surface area contributed by atoms with E-state index in [4.69, 9.17) is 4.52 Å². The highest BCUT2D eigenvalue weighted by molar-refractivity contribution is 5.17. The maximum absolute atomic E-state index is 5.38. The van der Waals surface area contributed by atoms with Crippen LogP contribution in [0.1, 0.15) is 41.7 Å². The molecule has 0 amide bonds. The first-order valence-electron chi connectivity index (χ1n) is 8.45. The summed E-state index contributed by atoms with van der Waals surface area (Å²) in [6.07, 6.45) is 4.31. The Morgan fingerprint density at radius 1 is 1.13 bits per heavy atom. The number of aryl methyl sites for hydroxylation is 1. The van der Waals surface area contributed by atoms with Gasteiger partial charge < -0.3 is 4.52 Å². The number of piperazine rings is 1. The molecule has 0 bridgehead atoms. The van der Waals surface area contributed by atoms with Gasteiger partial charge in [-0.3, -0.25) is 14.8 Å². The Kier molecular flexibility index (Phi) is 4.10. The summed E-state index contributed by atoms with van der Waals surface area (Å²) < 4.78 is 5.38. The first-order chi connectivity index (χ1) is 11.3. The van der Waals surface area contributed by atoms with Crippen LogP contribution in [0.4, 0.5) is 0 Å². The van der Waals surface area contributed by atoms with Gasteiger partial charge in [-0.2, -0.15) is 4.98 Å². The Morgan fingerprint density at radius 2 is 1.87 bits per heavy atom. The average Bonchev–Trinajstić information content (AvgIpc) is 3.32. The molecule has 23 heavy (non-hydrogen) atoms. The number of aromatic nitrogens is 3. The lowest BCUT2D eigenvalue weighted by molar-refractivity contribution is 0.111. The van der Waals surface area contributed by atoms with Crippen LogP contribution in [0.5, 0.6) is 0 Å². The van der Waals surface area contributed by atoms with Crippen molar-refractivity contribution in [2.75, 3.05) is 26.2 Å². The molecule has 0 aromatic carbocycles. The Bertz CT molecular complexity index is 659. The zero-order valence-corrected chi connectivity index (χ0v) is 13.6. The summed E-state index contributed by atoms with van der Waals surface area (Å²) in [5.41, 5.74) is 2.46. The van der Waals surface area contributed by atoms with Gasteiger partial charge in [-0.1, -0.05) is 11.2 Å². The van der Waals surface area contributed by atoms with E-state index >= 15 is 0 Å². The molecule has 0 N–H and O–H groups in total. The second kappa shape index (κ2) is 6.37. The van der Waals surface area contributed by atoms with Crippen molar-refractivity contribution in [2.45, 2.75) is 38.8 Å². The maximum Gasteiger partial charge on any atom is 0.240 e. The van der Waals surface area contributed by atoms with Crippen molar-refractivity contribution in [1.29, 1.82) is 0 Å². The molecule has 0 unspecified atom stereocenters. The standard InChI is InChI=1S/C17H23N5O/c1-13-3-2-6-18-15(13)11-21-7-9-22(10-8-21)12-16-19-17(20-23-16)14-4-5-14/h2-3,6,14H,4-5,7-12H2,1H3. The van der Waals surface area contributed by atoms with Gasteiger partial charge in [0.05, 0.1) is 12.2 Å². The molecule has 2 aromatic rings. The average molecular weight is 313 g/mol. The Balaban J connectivity index is 1.27. The molecule has 6 nitrogen and oxygen atoms in total. The van der Waals surface area contributed by atoms with Gasteiger partial charge in [0.15, 0.2) is 5.82 Å². The highest BCUT2D eigenvalue weighted by Gasteiger charge is 2.29. The van der Waals surface area contributed by atoms with E-state index in [0.29, 0.717) is 5.92 Å². The number of nitrogens with zero attached hydrogens (tertiary/aromatic N) is 5. The van der Waals surface area contributed by atoms with Crippen LogP contribution in [0.3, 0.4) is 0 Å². The van der Waals surface area contributed by atoms with E-state index in [9.17, 15) is 0 Å². The van der Waals surface area contributed by atoms with Gasteiger partial charge in [0.2, 0.25) is 5.89 Å². The van der Waals surface area contributed by atoms with Gasteiger partial charge in [0.25, 0.3) is 0 Å². The predicted octanol–water partition coefficient (Wildman–Crippen LogP) is 1.97. The lowest BCUT2D eigenvalue weighted by Gasteiger charge is -2.33. The van der Waals surface area contributed by atoms with Crippen LogP contribution >= 0.6 is 0 Å². The van der Waals surface area contributed by atoms with Crippen molar-refractivity contribution < 1.29 is 4.52 Å². The van der Waals surface area contributed by atoms with Crippen LogP contribution in [0.2, 0.25) is 0 Å². The monoisotopic (exact) mass is 313 g/mol. The third kappa shape index (κ3) is 3.59. The lowest BCUT2D eigenvalue weighted by Crippen LogP contribution is -2.45. The second-order valence-corrected chi connectivity index (χ2v) is 6.64. The molecule has 1 aliphatic carbocycles. The predicted molar refractivity (Wildman–Crippen MR) is 85.8 cm³/mol. The van der Waals surface area contributed by atoms with Gasteiger partial charge in [-0.15, -0.1) is 0 Å².